The summed E-state index contributed by atoms with van der Waals surface area (Å²) in [5.41, 5.74) is 24.3. The molecule has 4 aliphatic rings. The van der Waals surface area contributed by atoms with Gasteiger partial charge >= 0.3 is 0 Å². The molecule has 0 atom stereocenters. The van der Waals surface area contributed by atoms with Gasteiger partial charge in [0.2, 0.25) is 0 Å². The standard InChI is InChI=1S/C45H36/c1-43(2)37-19-25-7-13-31(37)32-14-8-26(20-38(32)43)28-10-16-34-36-18-12-30(24-42(36)45(5,6)40(34)22-28)29-11-17-35-33-15-9-27(25)21-39(33)44(3,4)41(35)23-29/h7-24H,1-6H3. The minimum absolute atomic E-state index is 0.0826. The van der Waals surface area contributed by atoms with Gasteiger partial charge < -0.3 is 0 Å². The molecule has 0 amide bonds. The average molecular weight is 577 g/mol. The van der Waals surface area contributed by atoms with Crippen LogP contribution in [-0.2, 0) is 16.2 Å². The molecule has 0 spiro atoms. The van der Waals surface area contributed by atoms with Gasteiger partial charge in [-0.05, 0) is 137 Å². The van der Waals surface area contributed by atoms with Gasteiger partial charge in [0.05, 0.1) is 0 Å². The van der Waals surface area contributed by atoms with Crippen LogP contribution in [0.1, 0.15) is 74.9 Å². The molecule has 0 nitrogen and oxygen atoms in total. The van der Waals surface area contributed by atoms with Gasteiger partial charge in [0.1, 0.15) is 0 Å². The van der Waals surface area contributed by atoms with Gasteiger partial charge in [-0.2, -0.15) is 0 Å². The van der Waals surface area contributed by atoms with Gasteiger partial charge in [0.15, 0.2) is 0 Å². The summed E-state index contributed by atoms with van der Waals surface area (Å²) in [5, 5.41) is 0. The van der Waals surface area contributed by atoms with E-state index < -0.39 is 0 Å². The fraction of sp³-hybridized carbons (Fsp3) is 0.200. The molecule has 0 fully saturated rings. The van der Waals surface area contributed by atoms with E-state index in [-0.39, 0.29) is 16.2 Å². The molecular formula is C45H36. The number of hydrogen-bond donors (Lipinski definition) is 0. The van der Waals surface area contributed by atoms with E-state index in [2.05, 4.69) is 151 Å². The molecule has 0 saturated heterocycles. The highest BCUT2D eigenvalue weighted by atomic mass is 14.4. The van der Waals surface area contributed by atoms with Crippen LogP contribution in [0.4, 0.5) is 0 Å². The first kappa shape index (κ1) is 25.6. The van der Waals surface area contributed by atoms with Crippen molar-refractivity contribution in [1.82, 2.24) is 0 Å². The van der Waals surface area contributed by atoms with Crippen LogP contribution >= 0.6 is 0 Å². The minimum Gasteiger partial charge on any atom is -0.0537 e. The maximum atomic E-state index is 2.47. The van der Waals surface area contributed by atoms with Crippen molar-refractivity contribution in [3.05, 3.63) is 143 Å². The summed E-state index contributed by atoms with van der Waals surface area (Å²) >= 11 is 0. The van der Waals surface area contributed by atoms with E-state index in [0.29, 0.717) is 0 Å². The lowest BCUT2D eigenvalue weighted by molar-refractivity contribution is 0.660. The van der Waals surface area contributed by atoms with E-state index in [9.17, 15) is 0 Å². The zero-order valence-corrected chi connectivity index (χ0v) is 26.9. The highest BCUT2D eigenvalue weighted by Crippen LogP contribution is 2.55. The van der Waals surface area contributed by atoms with Gasteiger partial charge in [-0.1, -0.05) is 114 Å². The van der Waals surface area contributed by atoms with Crippen LogP contribution < -0.4 is 0 Å². The van der Waals surface area contributed by atoms with E-state index >= 15 is 0 Å². The van der Waals surface area contributed by atoms with Crippen LogP contribution in [0.5, 0.6) is 0 Å². The predicted molar refractivity (Wildman–Crippen MR) is 189 cm³/mol. The summed E-state index contributed by atoms with van der Waals surface area (Å²) in [5.74, 6) is 0. The zero-order valence-electron chi connectivity index (χ0n) is 26.9. The van der Waals surface area contributed by atoms with Crippen molar-refractivity contribution in [3.8, 4) is 66.8 Å². The fourth-order valence-electron chi connectivity index (χ4n) is 9.29. The molecule has 45 heavy (non-hydrogen) atoms. The van der Waals surface area contributed by atoms with Gasteiger partial charge in [-0.25, -0.2) is 0 Å². The van der Waals surface area contributed by atoms with Crippen molar-refractivity contribution in [1.29, 1.82) is 0 Å². The maximum Gasteiger partial charge on any atom is 0.0159 e. The third kappa shape index (κ3) is 3.08. The third-order valence-electron chi connectivity index (χ3n) is 12.0. The lowest BCUT2D eigenvalue weighted by Gasteiger charge is -2.24. The minimum atomic E-state index is -0.0826. The Bertz CT molecular complexity index is 1910. The second-order valence-corrected chi connectivity index (χ2v) is 15.4. The lowest BCUT2D eigenvalue weighted by atomic mass is 9.79. The van der Waals surface area contributed by atoms with Crippen LogP contribution in [0.25, 0.3) is 66.8 Å². The zero-order chi connectivity index (χ0) is 30.6. The molecule has 0 aliphatic heterocycles. The van der Waals surface area contributed by atoms with Crippen LogP contribution in [0.3, 0.4) is 0 Å². The van der Waals surface area contributed by atoms with Crippen molar-refractivity contribution in [3.63, 3.8) is 0 Å². The molecule has 0 heteroatoms. The summed E-state index contributed by atoms with van der Waals surface area (Å²) in [6, 6.07) is 43.0. The number of fused-ring (bicyclic) bond motifs is 12. The second-order valence-electron chi connectivity index (χ2n) is 15.4. The molecule has 0 heterocycles. The van der Waals surface area contributed by atoms with Crippen LogP contribution in [0.15, 0.2) is 109 Å². The molecule has 10 rings (SSSR count). The Hall–Kier alpha value is -4.68. The van der Waals surface area contributed by atoms with Gasteiger partial charge in [-0.15, -0.1) is 0 Å². The normalized spacial score (nSPS) is 17.2. The van der Waals surface area contributed by atoms with E-state index in [0.717, 1.165) is 0 Å². The lowest BCUT2D eigenvalue weighted by Crippen LogP contribution is -2.15. The fourth-order valence-corrected chi connectivity index (χ4v) is 9.29. The molecule has 12 bridgehead atoms. The van der Waals surface area contributed by atoms with E-state index in [4.69, 9.17) is 0 Å². The molecular weight excluding hydrogens is 540 g/mol. The smallest absolute Gasteiger partial charge is 0.0159 e. The van der Waals surface area contributed by atoms with Crippen molar-refractivity contribution in [2.45, 2.75) is 57.8 Å². The molecule has 216 valence electrons. The summed E-state index contributed by atoms with van der Waals surface area (Å²) in [6.45, 7) is 14.4. The van der Waals surface area contributed by atoms with E-state index in [1.54, 1.807) is 0 Å². The van der Waals surface area contributed by atoms with Crippen molar-refractivity contribution in [2.24, 2.45) is 0 Å². The summed E-state index contributed by atoms with van der Waals surface area (Å²) in [7, 11) is 0. The first-order valence-electron chi connectivity index (χ1n) is 16.4. The summed E-state index contributed by atoms with van der Waals surface area (Å²) in [6.07, 6.45) is 0. The van der Waals surface area contributed by atoms with Crippen LogP contribution in [0.2, 0.25) is 0 Å². The Balaban J connectivity index is 1.28. The average Bonchev–Trinajstić information content (AvgIpc) is 3.52. The Morgan fingerprint density at radius 1 is 0.244 bits per heavy atom. The summed E-state index contributed by atoms with van der Waals surface area (Å²) < 4.78 is 0. The Morgan fingerprint density at radius 2 is 0.400 bits per heavy atom. The van der Waals surface area contributed by atoms with E-state index in [1.165, 1.54) is 100 Å². The van der Waals surface area contributed by atoms with Crippen LogP contribution in [-0.4, -0.2) is 0 Å². The van der Waals surface area contributed by atoms with Gasteiger partial charge in [0, 0.05) is 16.2 Å². The number of rotatable bonds is 0. The second kappa shape index (κ2) is 7.93. The molecule has 4 aliphatic carbocycles. The Kier molecular flexibility index (Phi) is 4.52. The monoisotopic (exact) mass is 576 g/mol. The van der Waals surface area contributed by atoms with Crippen molar-refractivity contribution < 1.29 is 0 Å². The van der Waals surface area contributed by atoms with E-state index in [1.807, 2.05) is 0 Å². The Labute approximate surface area is 266 Å². The third-order valence-corrected chi connectivity index (χ3v) is 12.0. The number of hydrogen-bond acceptors (Lipinski definition) is 0. The molecule has 0 saturated carbocycles. The van der Waals surface area contributed by atoms with Crippen molar-refractivity contribution >= 4 is 0 Å². The SMILES string of the molecule is CC1(C)c2cc3ccc2-c2ccc(cc21)-c1ccc2c(c1)C(C)(C)c1cc(ccc1-2)-c1ccc2c(c1)C(C)(C)c1cc-3ccc1-2. The Morgan fingerprint density at radius 3 is 0.556 bits per heavy atom. The largest absolute Gasteiger partial charge is 0.0537 e. The first-order chi connectivity index (χ1) is 21.5. The predicted octanol–water partition coefficient (Wildman–Crippen LogP) is 11.9. The number of benzene rings is 6. The highest BCUT2D eigenvalue weighted by Gasteiger charge is 2.39. The molecule has 0 radical (unpaired) electrons. The highest BCUT2D eigenvalue weighted by molar-refractivity contribution is 5.91. The molecule has 6 aromatic rings. The van der Waals surface area contributed by atoms with Gasteiger partial charge in [-0.3, -0.25) is 0 Å². The summed E-state index contributed by atoms with van der Waals surface area (Å²) in [4.78, 5) is 0. The molecule has 6 aromatic carbocycles. The maximum absolute atomic E-state index is 2.47. The molecule has 0 unspecified atom stereocenters. The quantitative estimate of drug-likeness (QED) is 0.168. The first-order valence-corrected chi connectivity index (χ1v) is 16.4. The van der Waals surface area contributed by atoms with Gasteiger partial charge in [0.25, 0.3) is 0 Å². The topological polar surface area (TPSA) is 0 Å². The van der Waals surface area contributed by atoms with Crippen molar-refractivity contribution in [2.75, 3.05) is 0 Å². The van der Waals surface area contributed by atoms with Crippen LogP contribution in [0, 0.1) is 0 Å². The molecule has 0 aromatic heterocycles. The molecule has 0 N–H and O–H groups in total.